The molecule has 0 unspecified atom stereocenters. The molecule has 0 aliphatic rings. The highest BCUT2D eigenvalue weighted by atomic mass is 35.5. The molecule has 0 spiro atoms. The Balaban J connectivity index is 1.77. The quantitative estimate of drug-likeness (QED) is 0.360. The first kappa shape index (κ1) is 18.2. The Hall–Kier alpha value is -2.55. The number of ether oxygens (including phenoxy) is 1. The van der Waals surface area contributed by atoms with Gasteiger partial charge in [-0.25, -0.2) is 0 Å². The van der Waals surface area contributed by atoms with E-state index in [2.05, 4.69) is 0 Å². The van der Waals surface area contributed by atoms with Gasteiger partial charge in [-0.1, -0.05) is 65.7 Å². The molecule has 3 rings (SSSR count). The van der Waals surface area contributed by atoms with Gasteiger partial charge in [-0.05, 0) is 48.0 Å². The Labute approximate surface area is 162 Å². The monoisotopic (exact) mass is 382 g/mol. The van der Waals surface area contributed by atoms with Crippen LogP contribution in [0, 0.1) is 0 Å². The minimum absolute atomic E-state index is 0.0774. The maximum atomic E-state index is 12.3. The number of allylic oxidation sites excluding steroid dienone is 1. The van der Waals surface area contributed by atoms with Crippen LogP contribution in [0.4, 0.5) is 0 Å². The fourth-order valence-corrected chi connectivity index (χ4v) is 2.83. The molecule has 4 heteroatoms. The molecule has 0 aliphatic carbocycles. The van der Waals surface area contributed by atoms with Crippen molar-refractivity contribution in [1.29, 1.82) is 0 Å². The van der Waals surface area contributed by atoms with Gasteiger partial charge >= 0.3 is 0 Å². The first-order valence-corrected chi connectivity index (χ1v) is 8.82. The van der Waals surface area contributed by atoms with E-state index in [1.54, 1.807) is 36.4 Å². The predicted octanol–water partition coefficient (Wildman–Crippen LogP) is 6.47. The maximum Gasteiger partial charge on any atom is 0.185 e. The average molecular weight is 383 g/mol. The van der Waals surface area contributed by atoms with E-state index in [-0.39, 0.29) is 5.78 Å². The van der Waals surface area contributed by atoms with Gasteiger partial charge in [-0.2, -0.15) is 0 Å². The van der Waals surface area contributed by atoms with E-state index >= 15 is 0 Å². The summed E-state index contributed by atoms with van der Waals surface area (Å²) in [5, 5.41) is 1.24. The van der Waals surface area contributed by atoms with E-state index in [0.29, 0.717) is 28.0 Å². The highest BCUT2D eigenvalue weighted by Gasteiger charge is 2.05. The van der Waals surface area contributed by atoms with Crippen LogP contribution in [0.5, 0.6) is 5.75 Å². The molecule has 0 N–H and O–H groups in total. The van der Waals surface area contributed by atoms with Crippen LogP contribution in [0.2, 0.25) is 10.0 Å². The highest BCUT2D eigenvalue weighted by Crippen LogP contribution is 2.25. The first-order valence-electron chi connectivity index (χ1n) is 8.06. The number of ketones is 1. The smallest absolute Gasteiger partial charge is 0.185 e. The van der Waals surface area contributed by atoms with Gasteiger partial charge in [-0.3, -0.25) is 4.79 Å². The Morgan fingerprint density at radius 2 is 1.65 bits per heavy atom. The average Bonchev–Trinajstić information content (AvgIpc) is 2.66. The van der Waals surface area contributed by atoms with E-state index in [1.165, 1.54) is 6.08 Å². The summed E-state index contributed by atoms with van der Waals surface area (Å²) in [6.45, 7) is 0.371. The van der Waals surface area contributed by atoms with Crippen LogP contribution in [0.1, 0.15) is 21.5 Å². The first-order chi connectivity index (χ1) is 12.6. The van der Waals surface area contributed by atoms with Crippen molar-refractivity contribution in [2.45, 2.75) is 6.61 Å². The van der Waals surface area contributed by atoms with Crippen LogP contribution in [-0.4, -0.2) is 5.78 Å². The molecule has 0 bridgehead atoms. The van der Waals surface area contributed by atoms with Gasteiger partial charge < -0.3 is 4.74 Å². The van der Waals surface area contributed by atoms with Crippen molar-refractivity contribution < 1.29 is 9.53 Å². The topological polar surface area (TPSA) is 26.3 Å². The largest absolute Gasteiger partial charge is 0.488 e. The van der Waals surface area contributed by atoms with Crippen molar-refractivity contribution in [3.63, 3.8) is 0 Å². The van der Waals surface area contributed by atoms with Gasteiger partial charge in [0.05, 0.1) is 0 Å². The number of hydrogen-bond acceptors (Lipinski definition) is 2. The van der Waals surface area contributed by atoms with E-state index < -0.39 is 0 Å². The summed E-state index contributed by atoms with van der Waals surface area (Å²) in [6, 6.07) is 21.9. The molecule has 0 radical (unpaired) electrons. The summed E-state index contributed by atoms with van der Waals surface area (Å²) >= 11 is 12.1. The summed E-state index contributed by atoms with van der Waals surface area (Å²) in [5.74, 6) is 0.567. The molecule has 0 amide bonds. The molecule has 0 aliphatic heterocycles. The maximum absolute atomic E-state index is 12.3. The van der Waals surface area contributed by atoms with Crippen molar-refractivity contribution in [2.75, 3.05) is 0 Å². The molecule has 0 aromatic heterocycles. The minimum atomic E-state index is -0.0774. The molecule has 0 saturated heterocycles. The number of hydrogen-bond donors (Lipinski definition) is 0. The summed E-state index contributed by atoms with van der Waals surface area (Å²) in [6.07, 6.45) is 3.24. The zero-order valence-electron chi connectivity index (χ0n) is 13.9. The van der Waals surface area contributed by atoms with Gasteiger partial charge in [0.15, 0.2) is 5.78 Å². The van der Waals surface area contributed by atoms with Gasteiger partial charge in [0.25, 0.3) is 0 Å². The summed E-state index contributed by atoms with van der Waals surface area (Å²) in [4.78, 5) is 12.3. The van der Waals surface area contributed by atoms with Crippen molar-refractivity contribution in [1.82, 2.24) is 0 Å². The zero-order chi connectivity index (χ0) is 18.4. The number of carbonyl (C=O) groups is 1. The van der Waals surface area contributed by atoms with Crippen LogP contribution in [0.25, 0.3) is 6.08 Å². The second-order valence-electron chi connectivity index (χ2n) is 5.66. The number of rotatable bonds is 6. The molecule has 0 atom stereocenters. The highest BCUT2D eigenvalue weighted by molar-refractivity contribution is 6.31. The van der Waals surface area contributed by atoms with Crippen LogP contribution in [0.15, 0.2) is 78.9 Å². The molecule has 26 heavy (non-hydrogen) atoms. The summed E-state index contributed by atoms with van der Waals surface area (Å²) < 4.78 is 5.89. The molecule has 2 nitrogen and oxygen atoms in total. The molecule has 130 valence electrons. The standard InChI is InChI=1S/C22H16Cl2O2/c23-19-8-4-5-16(13-19)15-26-22-12-10-20(24)14-18(22)9-11-21(25)17-6-2-1-3-7-17/h1-14H,15H2/b11-9+. The Bertz CT molecular complexity index is 934. The van der Waals surface area contributed by atoms with E-state index in [0.717, 1.165) is 11.1 Å². The third-order valence-corrected chi connectivity index (χ3v) is 4.20. The number of carbonyl (C=O) groups excluding carboxylic acids is 1. The minimum Gasteiger partial charge on any atom is -0.488 e. The van der Waals surface area contributed by atoms with E-state index in [4.69, 9.17) is 27.9 Å². The van der Waals surface area contributed by atoms with Crippen molar-refractivity contribution >= 4 is 35.1 Å². The van der Waals surface area contributed by atoms with Crippen LogP contribution in [0.3, 0.4) is 0 Å². The molecule has 3 aromatic carbocycles. The van der Waals surface area contributed by atoms with Crippen LogP contribution in [-0.2, 0) is 6.61 Å². The van der Waals surface area contributed by atoms with Crippen molar-refractivity contribution in [3.05, 3.63) is 106 Å². The second kappa shape index (κ2) is 8.70. The Morgan fingerprint density at radius 1 is 0.885 bits per heavy atom. The van der Waals surface area contributed by atoms with Gasteiger partial charge in [0.1, 0.15) is 12.4 Å². The third-order valence-electron chi connectivity index (χ3n) is 3.73. The zero-order valence-corrected chi connectivity index (χ0v) is 15.4. The molecular formula is C22H16Cl2O2. The van der Waals surface area contributed by atoms with Crippen molar-refractivity contribution in [2.24, 2.45) is 0 Å². The van der Waals surface area contributed by atoms with E-state index in [9.17, 15) is 4.79 Å². The van der Waals surface area contributed by atoms with Gasteiger partial charge in [0, 0.05) is 21.2 Å². The molecule has 0 heterocycles. The fraction of sp³-hybridized carbons (Fsp3) is 0.0455. The Kier molecular flexibility index (Phi) is 6.11. The lowest BCUT2D eigenvalue weighted by Crippen LogP contribution is -1.97. The van der Waals surface area contributed by atoms with Crippen LogP contribution < -0.4 is 4.74 Å². The lowest BCUT2D eigenvalue weighted by atomic mass is 10.1. The Morgan fingerprint density at radius 3 is 2.42 bits per heavy atom. The fourth-order valence-electron chi connectivity index (χ4n) is 2.43. The third kappa shape index (κ3) is 4.98. The normalized spacial score (nSPS) is 10.8. The number of benzene rings is 3. The summed E-state index contributed by atoms with van der Waals surface area (Å²) in [7, 11) is 0. The number of halogens is 2. The van der Waals surface area contributed by atoms with Crippen molar-refractivity contribution in [3.8, 4) is 5.75 Å². The van der Waals surface area contributed by atoms with Crippen LogP contribution >= 0.6 is 23.2 Å². The second-order valence-corrected chi connectivity index (χ2v) is 6.54. The lowest BCUT2D eigenvalue weighted by Gasteiger charge is -2.10. The molecule has 3 aromatic rings. The van der Waals surface area contributed by atoms with Gasteiger partial charge in [0.2, 0.25) is 0 Å². The SMILES string of the molecule is O=C(/C=C/c1cc(Cl)ccc1OCc1cccc(Cl)c1)c1ccccc1. The van der Waals surface area contributed by atoms with Gasteiger partial charge in [-0.15, -0.1) is 0 Å². The molecule has 0 saturated carbocycles. The molecule has 0 fully saturated rings. The lowest BCUT2D eigenvalue weighted by molar-refractivity contribution is 0.104. The van der Waals surface area contributed by atoms with E-state index in [1.807, 2.05) is 42.5 Å². The summed E-state index contributed by atoms with van der Waals surface area (Å²) in [5.41, 5.74) is 2.33. The predicted molar refractivity (Wildman–Crippen MR) is 107 cm³/mol. The molecular weight excluding hydrogens is 367 g/mol.